The molecule has 0 spiro atoms. The van der Waals surface area contributed by atoms with Crippen LogP contribution in [-0.4, -0.2) is 16.9 Å². The fourth-order valence-corrected chi connectivity index (χ4v) is 0.986. The van der Waals surface area contributed by atoms with Crippen LogP contribution in [0.5, 0.6) is 0 Å². The summed E-state index contributed by atoms with van der Waals surface area (Å²) in [7, 11) is 0. The zero-order chi connectivity index (χ0) is 10.7. The molecule has 1 aromatic heterocycles. The summed E-state index contributed by atoms with van der Waals surface area (Å²) in [5, 5.41) is 3.06. The third-order valence-electron chi connectivity index (χ3n) is 1.70. The number of aromatic nitrogens is 1. The number of carbonyl (C=O) groups excluding carboxylic acids is 1. The van der Waals surface area contributed by atoms with E-state index in [0.29, 0.717) is 10.8 Å². The van der Waals surface area contributed by atoms with E-state index in [4.69, 9.17) is 17.3 Å². The highest BCUT2D eigenvalue weighted by Crippen LogP contribution is 2.15. The number of nitrogens with zero attached hydrogens (tertiary/aromatic N) is 1. The lowest BCUT2D eigenvalue weighted by atomic mass is 10.2. The molecular weight excluding hydrogens is 202 g/mol. The summed E-state index contributed by atoms with van der Waals surface area (Å²) in [6.45, 7) is 3.43. The number of anilines is 1. The van der Waals surface area contributed by atoms with Crippen LogP contribution in [-0.2, 0) is 4.79 Å². The van der Waals surface area contributed by atoms with Gasteiger partial charge in [0.2, 0.25) is 5.91 Å². The molecule has 1 atom stereocenters. The van der Waals surface area contributed by atoms with Crippen molar-refractivity contribution in [3.05, 3.63) is 23.0 Å². The first-order valence-electron chi connectivity index (χ1n) is 4.19. The van der Waals surface area contributed by atoms with Crippen LogP contribution in [0.4, 0.5) is 5.69 Å². The van der Waals surface area contributed by atoms with Gasteiger partial charge in [-0.15, -0.1) is 0 Å². The number of nitrogens with two attached hydrogens (primary N) is 1. The molecule has 1 aromatic rings. The third kappa shape index (κ3) is 2.68. The molecule has 0 radical (unpaired) electrons. The maximum absolute atomic E-state index is 11.2. The molecule has 76 valence electrons. The van der Waals surface area contributed by atoms with Crippen LogP contribution in [0.2, 0.25) is 5.15 Å². The van der Waals surface area contributed by atoms with E-state index in [1.807, 2.05) is 6.92 Å². The summed E-state index contributed by atoms with van der Waals surface area (Å²) in [4.78, 5) is 15.1. The number of carbonyl (C=O) groups is 1. The van der Waals surface area contributed by atoms with Crippen molar-refractivity contribution in [3.8, 4) is 0 Å². The van der Waals surface area contributed by atoms with E-state index in [-0.39, 0.29) is 5.91 Å². The van der Waals surface area contributed by atoms with Crippen LogP contribution in [0.25, 0.3) is 0 Å². The quantitative estimate of drug-likeness (QED) is 0.729. The molecule has 0 fully saturated rings. The van der Waals surface area contributed by atoms with Gasteiger partial charge in [-0.25, -0.2) is 4.98 Å². The van der Waals surface area contributed by atoms with E-state index in [1.165, 1.54) is 6.20 Å². The van der Waals surface area contributed by atoms with Gasteiger partial charge in [-0.1, -0.05) is 11.6 Å². The van der Waals surface area contributed by atoms with Crippen molar-refractivity contribution in [2.75, 3.05) is 5.32 Å². The normalized spacial score (nSPS) is 12.3. The molecule has 1 heterocycles. The van der Waals surface area contributed by atoms with Gasteiger partial charge >= 0.3 is 0 Å². The van der Waals surface area contributed by atoms with Crippen LogP contribution in [0.15, 0.2) is 12.3 Å². The lowest BCUT2D eigenvalue weighted by Crippen LogP contribution is -2.32. The van der Waals surface area contributed by atoms with E-state index in [0.717, 1.165) is 5.56 Å². The first-order valence-corrected chi connectivity index (χ1v) is 4.57. The zero-order valence-corrected chi connectivity index (χ0v) is 8.80. The van der Waals surface area contributed by atoms with Crippen LogP contribution >= 0.6 is 11.6 Å². The maximum Gasteiger partial charge on any atom is 0.241 e. The number of aryl methyl sites for hydroxylation is 1. The Morgan fingerprint density at radius 3 is 2.86 bits per heavy atom. The van der Waals surface area contributed by atoms with E-state index in [1.54, 1.807) is 13.0 Å². The van der Waals surface area contributed by atoms with Gasteiger partial charge in [0.1, 0.15) is 5.15 Å². The average Bonchev–Trinajstić information content (AvgIpc) is 2.11. The molecule has 1 rings (SSSR count). The summed E-state index contributed by atoms with van der Waals surface area (Å²) in [5.41, 5.74) is 6.81. The monoisotopic (exact) mass is 213 g/mol. The molecule has 5 heteroatoms. The molecule has 1 amide bonds. The Kier molecular flexibility index (Phi) is 3.43. The summed E-state index contributed by atoms with van der Waals surface area (Å²) in [6, 6.07) is 1.21. The van der Waals surface area contributed by atoms with Crippen LogP contribution in [0, 0.1) is 6.92 Å². The van der Waals surface area contributed by atoms with E-state index in [2.05, 4.69) is 10.3 Å². The summed E-state index contributed by atoms with van der Waals surface area (Å²) >= 11 is 5.73. The Bertz CT molecular complexity index is 352. The van der Waals surface area contributed by atoms with Crippen molar-refractivity contribution in [1.29, 1.82) is 0 Å². The lowest BCUT2D eigenvalue weighted by Gasteiger charge is -2.08. The van der Waals surface area contributed by atoms with E-state index >= 15 is 0 Å². The van der Waals surface area contributed by atoms with Gasteiger partial charge in [-0.05, 0) is 25.5 Å². The maximum atomic E-state index is 11.2. The molecule has 14 heavy (non-hydrogen) atoms. The number of amides is 1. The third-order valence-corrected chi connectivity index (χ3v) is 2.09. The minimum Gasteiger partial charge on any atom is -0.323 e. The van der Waals surface area contributed by atoms with Crippen LogP contribution in [0.1, 0.15) is 12.5 Å². The van der Waals surface area contributed by atoms with Crippen molar-refractivity contribution >= 4 is 23.2 Å². The number of nitrogens with one attached hydrogen (secondary N) is 1. The lowest BCUT2D eigenvalue weighted by molar-refractivity contribution is -0.117. The number of rotatable bonds is 2. The van der Waals surface area contributed by atoms with Gasteiger partial charge in [-0.2, -0.15) is 0 Å². The summed E-state index contributed by atoms with van der Waals surface area (Å²) < 4.78 is 0. The Morgan fingerprint density at radius 2 is 2.36 bits per heavy atom. The van der Waals surface area contributed by atoms with Crippen molar-refractivity contribution in [2.24, 2.45) is 5.73 Å². The van der Waals surface area contributed by atoms with Crippen molar-refractivity contribution in [3.63, 3.8) is 0 Å². The predicted octanol–water partition coefficient (Wildman–Crippen LogP) is 1.33. The van der Waals surface area contributed by atoms with E-state index in [9.17, 15) is 4.79 Å². The number of hydrogen-bond donors (Lipinski definition) is 2. The van der Waals surface area contributed by atoms with Gasteiger partial charge in [0, 0.05) is 0 Å². The Balaban J connectivity index is 2.78. The number of halogens is 1. The van der Waals surface area contributed by atoms with Crippen LogP contribution < -0.4 is 11.1 Å². The minimum absolute atomic E-state index is 0.242. The summed E-state index contributed by atoms with van der Waals surface area (Å²) in [5.74, 6) is -0.242. The standard InChI is InChI=1S/C9H12ClN3O/c1-5-3-7(4-12-8(5)10)13-9(14)6(2)11/h3-4,6H,11H2,1-2H3,(H,13,14). The molecule has 0 saturated heterocycles. The van der Waals surface area contributed by atoms with Crippen molar-refractivity contribution < 1.29 is 4.79 Å². The fraction of sp³-hybridized carbons (Fsp3) is 0.333. The highest BCUT2D eigenvalue weighted by Gasteiger charge is 2.08. The Morgan fingerprint density at radius 1 is 1.71 bits per heavy atom. The molecule has 0 aromatic carbocycles. The molecular formula is C9H12ClN3O. The second-order valence-corrected chi connectivity index (χ2v) is 3.47. The minimum atomic E-state index is -0.536. The highest BCUT2D eigenvalue weighted by molar-refractivity contribution is 6.30. The van der Waals surface area contributed by atoms with Gasteiger partial charge in [0.05, 0.1) is 17.9 Å². The second-order valence-electron chi connectivity index (χ2n) is 3.11. The fourth-order valence-electron chi connectivity index (χ4n) is 0.883. The highest BCUT2D eigenvalue weighted by atomic mass is 35.5. The van der Waals surface area contributed by atoms with E-state index < -0.39 is 6.04 Å². The van der Waals surface area contributed by atoms with Crippen LogP contribution in [0.3, 0.4) is 0 Å². The molecule has 0 saturated carbocycles. The smallest absolute Gasteiger partial charge is 0.241 e. The molecule has 0 aliphatic heterocycles. The van der Waals surface area contributed by atoms with Crippen molar-refractivity contribution in [1.82, 2.24) is 4.98 Å². The number of pyridine rings is 1. The average molecular weight is 214 g/mol. The second kappa shape index (κ2) is 4.39. The molecule has 3 N–H and O–H groups in total. The first kappa shape index (κ1) is 10.9. The predicted molar refractivity (Wildman–Crippen MR) is 56.3 cm³/mol. The molecule has 0 aliphatic rings. The van der Waals surface area contributed by atoms with Gasteiger partial charge in [0.25, 0.3) is 0 Å². The van der Waals surface area contributed by atoms with Crippen molar-refractivity contribution in [2.45, 2.75) is 19.9 Å². The SMILES string of the molecule is Cc1cc(NC(=O)C(C)N)cnc1Cl. The topological polar surface area (TPSA) is 68.0 Å². The zero-order valence-electron chi connectivity index (χ0n) is 8.04. The first-order chi connectivity index (χ1) is 6.50. The molecule has 0 aliphatic carbocycles. The summed E-state index contributed by atoms with van der Waals surface area (Å²) in [6.07, 6.45) is 1.50. The largest absolute Gasteiger partial charge is 0.323 e. The Labute approximate surface area is 87.5 Å². The molecule has 4 nitrogen and oxygen atoms in total. The van der Waals surface area contributed by atoms with Gasteiger partial charge in [-0.3, -0.25) is 4.79 Å². The number of hydrogen-bond acceptors (Lipinski definition) is 3. The van der Waals surface area contributed by atoms with Gasteiger partial charge < -0.3 is 11.1 Å². The molecule has 1 unspecified atom stereocenters. The van der Waals surface area contributed by atoms with Gasteiger partial charge in [0.15, 0.2) is 0 Å². The molecule has 0 bridgehead atoms. The Hall–Kier alpha value is -1.13.